The van der Waals surface area contributed by atoms with Crippen molar-refractivity contribution in [3.63, 3.8) is 0 Å². The number of fused-ring (bicyclic) bond motifs is 1. The van der Waals surface area contributed by atoms with Crippen LogP contribution in [0.25, 0.3) is 0 Å². The molecule has 0 amide bonds. The van der Waals surface area contributed by atoms with Crippen LogP contribution in [0.4, 0.5) is 0 Å². The van der Waals surface area contributed by atoms with Gasteiger partial charge in [-0.2, -0.15) is 0 Å². The first kappa shape index (κ1) is 9.85. The normalized spacial score (nSPS) is 24.9. The maximum Gasteiger partial charge on any atom is 0.122 e. The summed E-state index contributed by atoms with van der Waals surface area (Å²) in [5.41, 5.74) is 3.89. The van der Waals surface area contributed by atoms with E-state index in [0.29, 0.717) is 5.92 Å². The fourth-order valence-electron chi connectivity index (χ4n) is 2.37. The van der Waals surface area contributed by atoms with Crippen molar-refractivity contribution in [3.05, 3.63) is 28.8 Å². The molecule has 0 saturated carbocycles. The van der Waals surface area contributed by atoms with E-state index in [-0.39, 0.29) is 5.38 Å². The molecular formula is C12H15ClO. The molecule has 2 rings (SSSR count). The summed E-state index contributed by atoms with van der Waals surface area (Å²) in [7, 11) is 1.72. The van der Waals surface area contributed by atoms with Crippen molar-refractivity contribution in [1.29, 1.82) is 0 Å². The van der Waals surface area contributed by atoms with Gasteiger partial charge >= 0.3 is 0 Å². The predicted molar refractivity (Wildman–Crippen MR) is 59.4 cm³/mol. The van der Waals surface area contributed by atoms with Crippen LogP contribution in [0.15, 0.2) is 12.1 Å². The minimum Gasteiger partial charge on any atom is -0.496 e. The van der Waals surface area contributed by atoms with E-state index < -0.39 is 0 Å². The molecular weight excluding hydrogens is 196 g/mol. The zero-order valence-corrected chi connectivity index (χ0v) is 9.56. The van der Waals surface area contributed by atoms with Crippen LogP contribution in [0.5, 0.6) is 5.75 Å². The monoisotopic (exact) mass is 210 g/mol. The Morgan fingerprint density at radius 2 is 2.07 bits per heavy atom. The maximum absolute atomic E-state index is 6.32. The SMILES string of the molecule is COc1ccc(C)c2c1C(C)CC2Cl. The molecule has 1 aromatic carbocycles. The molecule has 1 nitrogen and oxygen atoms in total. The number of alkyl halides is 1. The molecule has 0 heterocycles. The van der Waals surface area contributed by atoms with Crippen molar-refractivity contribution < 1.29 is 4.74 Å². The number of hydrogen-bond donors (Lipinski definition) is 0. The van der Waals surface area contributed by atoms with E-state index in [1.165, 1.54) is 16.7 Å². The van der Waals surface area contributed by atoms with Gasteiger partial charge in [0.25, 0.3) is 0 Å². The van der Waals surface area contributed by atoms with Crippen LogP contribution in [-0.4, -0.2) is 7.11 Å². The smallest absolute Gasteiger partial charge is 0.122 e. The Bertz CT molecular complexity index is 360. The maximum atomic E-state index is 6.32. The van der Waals surface area contributed by atoms with Gasteiger partial charge in [0.2, 0.25) is 0 Å². The van der Waals surface area contributed by atoms with Gasteiger partial charge in [0.15, 0.2) is 0 Å². The third-order valence-corrected chi connectivity index (χ3v) is 3.45. The zero-order chi connectivity index (χ0) is 10.3. The van der Waals surface area contributed by atoms with Crippen molar-refractivity contribution in [1.82, 2.24) is 0 Å². The Balaban J connectivity index is 2.63. The van der Waals surface area contributed by atoms with Crippen LogP contribution >= 0.6 is 11.6 Å². The van der Waals surface area contributed by atoms with Crippen LogP contribution in [0.3, 0.4) is 0 Å². The fraction of sp³-hybridized carbons (Fsp3) is 0.500. The van der Waals surface area contributed by atoms with Gasteiger partial charge in [-0.05, 0) is 36.5 Å². The van der Waals surface area contributed by atoms with Gasteiger partial charge in [0.05, 0.1) is 12.5 Å². The highest BCUT2D eigenvalue weighted by atomic mass is 35.5. The molecule has 0 radical (unpaired) electrons. The second-order valence-corrected chi connectivity index (χ2v) is 4.54. The zero-order valence-electron chi connectivity index (χ0n) is 8.80. The molecule has 1 aliphatic carbocycles. The molecule has 0 fully saturated rings. The number of hydrogen-bond acceptors (Lipinski definition) is 1. The van der Waals surface area contributed by atoms with E-state index in [1.807, 2.05) is 6.07 Å². The first-order valence-corrected chi connectivity index (χ1v) is 5.40. The summed E-state index contributed by atoms with van der Waals surface area (Å²) in [5.74, 6) is 1.50. The van der Waals surface area contributed by atoms with E-state index in [2.05, 4.69) is 19.9 Å². The summed E-state index contributed by atoms with van der Waals surface area (Å²) >= 11 is 6.32. The molecule has 2 unspecified atom stereocenters. The van der Waals surface area contributed by atoms with E-state index in [9.17, 15) is 0 Å². The second kappa shape index (κ2) is 3.47. The summed E-state index contributed by atoms with van der Waals surface area (Å²) in [4.78, 5) is 0. The molecule has 2 heteroatoms. The second-order valence-electron chi connectivity index (χ2n) is 4.02. The first-order chi connectivity index (χ1) is 6.65. The summed E-state index contributed by atoms with van der Waals surface area (Å²) < 4.78 is 5.37. The summed E-state index contributed by atoms with van der Waals surface area (Å²) in [6, 6.07) is 4.13. The molecule has 0 N–H and O–H groups in total. The number of benzene rings is 1. The molecule has 0 aromatic heterocycles. The predicted octanol–water partition coefficient (Wildman–Crippen LogP) is 3.79. The van der Waals surface area contributed by atoms with Crippen molar-refractivity contribution in [2.45, 2.75) is 31.6 Å². The minimum atomic E-state index is 0.162. The van der Waals surface area contributed by atoms with Gasteiger partial charge in [-0.3, -0.25) is 0 Å². The lowest BCUT2D eigenvalue weighted by Gasteiger charge is -2.12. The molecule has 2 atom stereocenters. The van der Waals surface area contributed by atoms with Crippen molar-refractivity contribution >= 4 is 11.6 Å². The van der Waals surface area contributed by atoms with Gasteiger partial charge in [0.1, 0.15) is 5.75 Å². The minimum absolute atomic E-state index is 0.162. The topological polar surface area (TPSA) is 9.23 Å². The van der Waals surface area contributed by atoms with E-state index in [0.717, 1.165) is 12.2 Å². The largest absolute Gasteiger partial charge is 0.496 e. The standard InChI is InChI=1S/C12H15ClO/c1-7-4-5-10(14-3)12-8(2)6-9(13)11(7)12/h4-5,8-9H,6H2,1-3H3. The Morgan fingerprint density at radius 3 is 2.71 bits per heavy atom. The Hall–Kier alpha value is -0.690. The van der Waals surface area contributed by atoms with E-state index in [4.69, 9.17) is 16.3 Å². The van der Waals surface area contributed by atoms with Gasteiger partial charge < -0.3 is 4.74 Å². The number of ether oxygens (including phenoxy) is 1. The van der Waals surface area contributed by atoms with Crippen molar-refractivity contribution in [2.75, 3.05) is 7.11 Å². The molecule has 0 bridgehead atoms. The summed E-state index contributed by atoms with van der Waals surface area (Å²) in [6.07, 6.45) is 1.03. The van der Waals surface area contributed by atoms with Crippen LogP contribution in [0, 0.1) is 6.92 Å². The Labute approximate surface area is 90.0 Å². The molecule has 1 aromatic rings. The van der Waals surface area contributed by atoms with E-state index in [1.54, 1.807) is 7.11 Å². The van der Waals surface area contributed by atoms with Gasteiger partial charge in [-0.1, -0.05) is 13.0 Å². The van der Waals surface area contributed by atoms with Crippen LogP contribution in [0.2, 0.25) is 0 Å². The Kier molecular flexibility index (Phi) is 2.44. The number of rotatable bonds is 1. The lowest BCUT2D eigenvalue weighted by Crippen LogP contribution is -1.95. The Morgan fingerprint density at radius 1 is 1.36 bits per heavy atom. The molecule has 0 aliphatic heterocycles. The molecule has 0 spiro atoms. The van der Waals surface area contributed by atoms with Crippen LogP contribution in [-0.2, 0) is 0 Å². The fourth-order valence-corrected chi connectivity index (χ4v) is 2.93. The number of methoxy groups -OCH3 is 1. The number of aryl methyl sites for hydroxylation is 1. The lowest BCUT2D eigenvalue weighted by atomic mass is 9.99. The molecule has 76 valence electrons. The first-order valence-electron chi connectivity index (χ1n) is 4.96. The van der Waals surface area contributed by atoms with Gasteiger partial charge in [-0.15, -0.1) is 11.6 Å². The lowest BCUT2D eigenvalue weighted by molar-refractivity contribution is 0.407. The molecule has 1 aliphatic rings. The van der Waals surface area contributed by atoms with Crippen LogP contribution in [0.1, 0.15) is 41.3 Å². The van der Waals surface area contributed by atoms with Crippen molar-refractivity contribution in [2.24, 2.45) is 0 Å². The quantitative estimate of drug-likeness (QED) is 0.641. The highest BCUT2D eigenvalue weighted by Gasteiger charge is 2.30. The van der Waals surface area contributed by atoms with Crippen molar-refractivity contribution in [3.8, 4) is 5.75 Å². The average Bonchev–Trinajstić information content (AvgIpc) is 2.44. The highest BCUT2D eigenvalue weighted by Crippen LogP contribution is 2.48. The van der Waals surface area contributed by atoms with E-state index >= 15 is 0 Å². The molecule has 0 saturated heterocycles. The molecule has 14 heavy (non-hydrogen) atoms. The average molecular weight is 211 g/mol. The summed E-state index contributed by atoms with van der Waals surface area (Å²) in [5, 5.41) is 0.162. The van der Waals surface area contributed by atoms with Gasteiger partial charge in [-0.25, -0.2) is 0 Å². The summed E-state index contributed by atoms with van der Waals surface area (Å²) in [6.45, 7) is 4.33. The highest BCUT2D eigenvalue weighted by molar-refractivity contribution is 6.21. The van der Waals surface area contributed by atoms with Crippen LogP contribution < -0.4 is 4.74 Å². The van der Waals surface area contributed by atoms with Gasteiger partial charge in [0, 0.05) is 5.56 Å². The third kappa shape index (κ3) is 1.31. The third-order valence-electron chi connectivity index (χ3n) is 3.05. The number of halogens is 1.